The van der Waals surface area contributed by atoms with E-state index in [-0.39, 0.29) is 0 Å². The number of aromatic nitrogens is 2. The molecular formula is C13H22N4O. The maximum Gasteiger partial charge on any atom is 0.227 e. The van der Waals surface area contributed by atoms with Gasteiger partial charge in [-0.25, -0.2) is 0 Å². The zero-order valence-corrected chi connectivity index (χ0v) is 10.9. The monoisotopic (exact) mass is 250 g/mol. The molecule has 18 heavy (non-hydrogen) atoms. The predicted octanol–water partition coefficient (Wildman–Crippen LogP) is 1.17. The van der Waals surface area contributed by atoms with Gasteiger partial charge in [0.25, 0.3) is 0 Å². The molecule has 0 aromatic carbocycles. The number of rotatable bonds is 4. The molecule has 0 saturated carbocycles. The van der Waals surface area contributed by atoms with Crippen molar-refractivity contribution in [3.63, 3.8) is 0 Å². The van der Waals surface area contributed by atoms with Crippen molar-refractivity contribution in [3.05, 3.63) is 11.7 Å². The topological polar surface area (TPSA) is 54.2 Å². The molecule has 1 N–H and O–H groups in total. The first-order valence-corrected chi connectivity index (χ1v) is 7.17. The normalized spacial score (nSPS) is 25.7. The molecule has 2 aliphatic rings. The van der Waals surface area contributed by atoms with Crippen molar-refractivity contribution in [1.29, 1.82) is 0 Å². The average molecular weight is 250 g/mol. The van der Waals surface area contributed by atoms with E-state index in [1.807, 2.05) is 0 Å². The molecular weight excluding hydrogens is 228 g/mol. The van der Waals surface area contributed by atoms with Crippen molar-refractivity contribution in [2.45, 2.75) is 38.0 Å². The van der Waals surface area contributed by atoms with E-state index < -0.39 is 0 Å². The predicted molar refractivity (Wildman–Crippen MR) is 68.5 cm³/mol. The van der Waals surface area contributed by atoms with Gasteiger partial charge in [-0.1, -0.05) is 5.16 Å². The van der Waals surface area contributed by atoms with Gasteiger partial charge in [-0.15, -0.1) is 0 Å². The quantitative estimate of drug-likeness (QED) is 0.869. The lowest BCUT2D eigenvalue weighted by molar-refractivity contribution is 0.309. The Labute approximate surface area is 108 Å². The van der Waals surface area contributed by atoms with E-state index in [1.165, 1.54) is 38.8 Å². The summed E-state index contributed by atoms with van der Waals surface area (Å²) in [7, 11) is 0. The second-order valence-corrected chi connectivity index (χ2v) is 5.39. The van der Waals surface area contributed by atoms with Gasteiger partial charge in [0.1, 0.15) is 0 Å². The highest BCUT2D eigenvalue weighted by atomic mass is 16.5. The minimum absolute atomic E-state index is 0.447. The molecule has 1 atom stereocenters. The van der Waals surface area contributed by atoms with E-state index in [0.29, 0.717) is 5.92 Å². The van der Waals surface area contributed by atoms with Crippen molar-refractivity contribution in [2.75, 3.05) is 32.7 Å². The fourth-order valence-corrected chi connectivity index (χ4v) is 2.87. The molecule has 3 heterocycles. The van der Waals surface area contributed by atoms with Gasteiger partial charge in [-0.05, 0) is 45.3 Å². The van der Waals surface area contributed by atoms with E-state index in [2.05, 4.69) is 20.4 Å². The van der Waals surface area contributed by atoms with Gasteiger partial charge >= 0.3 is 0 Å². The number of piperidine rings is 1. The molecule has 0 radical (unpaired) electrons. The maximum absolute atomic E-state index is 5.36. The van der Waals surface area contributed by atoms with E-state index in [4.69, 9.17) is 4.52 Å². The molecule has 5 nitrogen and oxygen atoms in total. The summed E-state index contributed by atoms with van der Waals surface area (Å²) >= 11 is 0. The fourth-order valence-electron chi connectivity index (χ4n) is 2.87. The van der Waals surface area contributed by atoms with Crippen LogP contribution in [0.3, 0.4) is 0 Å². The highest BCUT2D eigenvalue weighted by Gasteiger charge is 2.21. The lowest BCUT2D eigenvalue weighted by Crippen LogP contribution is -2.29. The SMILES string of the molecule is C1CNCC(c2noc(CCN3CCCC3)n2)C1. The van der Waals surface area contributed by atoms with Crippen molar-refractivity contribution in [3.8, 4) is 0 Å². The summed E-state index contributed by atoms with van der Waals surface area (Å²) in [4.78, 5) is 7.03. The van der Waals surface area contributed by atoms with Crippen LogP contribution in [0, 0.1) is 0 Å². The summed E-state index contributed by atoms with van der Waals surface area (Å²) in [6.07, 6.45) is 5.96. The van der Waals surface area contributed by atoms with Crippen LogP contribution in [0.2, 0.25) is 0 Å². The van der Waals surface area contributed by atoms with Gasteiger partial charge in [0, 0.05) is 25.4 Å². The van der Waals surface area contributed by atoms with Crippen LogP contribution in [0.4, 0.5) is 0 Å². The van der Waals surface area contributed by atoms with Crippen molar-refractivity contribution < 1.29 is 4.52 Å². The molecule has 0 bridgehead atoms. The Bertz CT molecular complexity index is 367. The molecule has 1 unspecified atom stereocenters. The van der Waals surface area contributed by atoms with Gasteiger partial charge in [0.05, 0.1) is 0 Å². The van der Waals surface area contributed by atoms with Crippen molar-refractivity contribution in [2.24, 2.45) is 0 Å². The highest BCUT2D eigenvalue weighted by Crippen LogP contribution is 2.20. The Morgan fingerprint density at radius 3 is 2.94 bits per heavy atom. The van der Waals surface area contributed by atoms with Crippen LogP contribution >= 0.6 is 0 Å². The molecule has 3 rings (SSSR count). The summed E-state index contributed by atoms with van der Waals surface area (Å²) in [6, 6.07) is 0. The van der Waals surface area contributed by atoms with Gasteiger partial charge < -0.3 is 14.7 Å². The largest absolute Gasteiger partial charge is 0.339 e. The Morgan fingerprint density at radius 1 is 1.28 bits per heavy atom. The second-order valence-electron chi connectivity index (χ2n) is 5.39. The van der Waals surface area contributed by atoms with Gasteiger partial charge in [-0.2, -0.15) is 4.98 Å². The van der Waals surface area contributed by atoms with Crippen LogP contribution in [-0.4, -0.2) is 47.8 Å². The van der Waals surface area contributed by atoms with Crippen molar-refractivity contribution >= 4 is 0 Å². The summed E-state index contributed by atoms with van der Waals surface area (Å²) < 4.78 is 5.36. The number of hydrogen-bond acceptors (Lipinski definition) is 5. The Kier molecular flexibility index (Phi) is 3.90. The van der Waals surface area contributed by atoms with E-state index >= 15 is 0 Å². The Balaban J connectivity index is 1.52. The lowest BCUT2D eigenvalue weighted by Gasteiger charge is -2.19. The molecule has 0 aliphatic carbocycles. The molecule has 0 amide bonds. The Hall–Kier alpha value is -0.940. The number of nitrogens with one attached hydrogen (secondary N) is 1. The van der Waals surface area contributed by atoms with Gasteiger partial charge in [0.2, 0.25) is 5.89 Å². The molecule has 2 saturated heterocycles. The summed E-state index contributed by atoms with van der Waals surface area (Å²) in [6.45, 7) is 5.63. The first kappa shape index (κ1) is 12.1. The first-order valence-electron chi connectivity index (χ1n) is 7.17. The van der Waals surface area contributed by atoms with Gasteiger partial charge in [0.15, 0.2) is 5.82 Å². The second kappa shape index (κ2) is 5.80. The zero-order chi connectivity index (χ0) is 12.2. The number of likely N-dealkylation sites (tertiary alicyclic amines) is 1. The molecule has 5 heteroatoms. The lowest BCUT2D eigenvalue weighted by atomic mass is 9.99. The minimum Gasteiger partial charge on any atom is -0.339 e. The smallest absolute Gasteiger partial charge is 0.227 e. The number of hydrogen-bond donors (Lipinski definition) is 1. The Morgan fingerprint density at radius 2 is 2.17 bits per heavy atom. The van der Waals surface area contributed by atoms with Gasteiger partial charge in [-0.3, -0.25) is 0 Å². The average Bonchev–Trinajstić information content (AvgIpc) is 3.09. The summed E-state index contributed by atoms with van der Waals surface area (Å²) in [5.41, 5.74) is 0. The minimum atomic E-state index is 0.447. The van der Waals surface area contributed by atoms with Crippen LogP contribution in [0.15, 0.2) is 4.52 Å². The summed E-state index contributed by atoms with van der Waals surface area (Å²) in [5.74, 6) is 2.16. The van der Waals surface area contributed by atoms with Crippen LogP contribution in [0.1, 0.15) is 43.3 Å². The van der Waals surface area contributed by atoms with Crippen LogP contribution in [0.5, 0.6) is 0 Å². The highest BCUT2D eigenvalue weighted by molar-refractivity contribution is 4.98. The standard InChI is InChI=1S/C13H22N4O/c1-2-8-17(7-1)9-5-12-15-13(16-18-12)11-4-3-6-14-10-11/h11,14H,1-10H2. The zero-order valence-electron chi connectivity index (χ0n) is 10.9. The third kappa shape index (κ3) is 2.90. The van der Waals surface area contributed by atoms with Crippen molar-refractivity contribution in [1.82, 2.24) is 20.4 Å². The fraction of sp³-hybridized carbons (Fsp3) is 0.846. The molecule has 1 aromatic rings. The van der Waals surface area contributed by atoms with Crippen LogP contribution in [-0.2, 0) is 6.42 Å². The van der Waals surface area contributed by atoms with E-state index in [0.717, 1.165) is 37.8 Å². The molecule has 1 aromatic heterocycles. The first-order chi connectivity index (χ1) is 8.92. The molecule has 100 valence electrons. The molecule has 2 aliphatic heterocycles. The van der Waals surface area contributed by atoms with E-state index in [1.54, 1.807) is 0 Å². The van der Waals surface area contributed by atoms with Crippen LogP contribution in [0.25, 0.3) is 0 Å². The number of nitrogens with zero attached hydrogens (tertiary/aromatic N) is 3. The third-order valence-corrected chi connectivity index (χ3v) is 3.99. The molecule has 2 fully saturated rings. The maximum atomic E-state index is 5.36. The third-order valence-electron chi connectivity index (χ3n) is 3.99. The van der Waals surface area contributed by atoms with E-state index in [9.17, 15) is 0 Å². The summed E-state index contributed by atoms with van der Waals surface area (Å²) in [5, 5.41) is 7.53. The molecule has 0 spiro atoms. The van der Waals surface area contributed by atoms with Crippen LogP contribution < -0.4 is 5.32 Å².